The Bertz CT molecular complexity index is 274. The molecule has 0 saturated carbocycles. The van der Waals surface area contributed by atoms with Crippen LogP contribution in [0.4, 0.5) is 13.2 Å². The summed E-state index contributed by atoms with van der Waals surface area (Å²) in [5, 5.41) is 3.65. The number of aromatic nitrogens is 2. The molecule has 13 heavy (non-hydrogen) atoms. The second-order valence-corrected chi connectivity index (χ2v) is 3.92. The third-order valence-electron chi connectivity index (χ3n) is 1.50. The van der Waals surface area contributed by atoms with E-state index in [2.05, 4.69) is 21.0 Å². The number of rotatable bonds is 3. The van der Waals surface area contributed by atoms with Crippen LogP contribution in [0.15, 0.2) is 12.3 Å². The first-order valence-corrected chi connectivity index (χ1v) is 4.55. The van der Waals surface area contributed by atoms with Gasteiger partial charge in [-0.05, 0) is 13.0 Å². The summed E-state index contributed by atoms with van der Waals surface area (Å²) < 4.78 is 37.0. The normalized spacial score (nSPS) is 16.2. The van der Waals surface area contributed by atoms with Crippen LogP contribution in [-0.4, -0.2) is 16.2 Å². The maximum absolute atomic E-state index is 12.7. The average molecular weight is 257 g/mol. The van der Waals surface area contributed by atoms with Gasteiger partial charge in [0.2, 0.25) is 0 Å². The van der Waals surface area contributed by atoms with Gasteiger partial charge in [0.25, 0.3) is 12.7 Å². The van der Waals surface area contributed by atoms with Crippen molar-refractivity contribution in [3.05, 3.63) is 18.0 Å². The Kier molecular flexibility index (Phi) is 3.35. The van der Waals surface area contributed by atoms with Crippen LogP contribution in [0.1, 0.15) is 23.7 Å². The van der Waals surface area contributed by atoms with E-state index in [4.69, 9.17) is 0 Å². The van der Waals surface area contributed by atoms with Crippen molar-refractivity contribution in [1.82, 2.24) is 9.78 Å². The highest BCUT2D eigenvalue weighted by molar-refractivity contribution is 9.09. The second kappa shape index (κ2) is 4.13. The quantitative estimate of drug-likeness (QED) is 0.761. The molecular formula is C7H8BrF3N2. The summed E-state index contributed by atoms with van der Waals surface area (Å²) >= 11 is 3.20. The van der Waals surface area contributed by atoms with Gasteiger partial charge in [0, 0.05) is 6.20 Å². The predicted octanol–water partition coefficient (Wildman–Crippen LogP) is 3.07. The lowest BCUT2D eigenvalue weighted by molar-refractivity contribution is 0.000573. The first-order chi connectivity index (χ1) is 6.02. The third kappa shape index (κ3) is 2.46. The molecule has 0 aliphatic carbocycles. The largest absolute Gasteiger partial charge is 0.289 e. The first-order valence-electron chi connectivity index (χ1n) is 3.63. The fraction of sp³-hybridized carbons (Fsp3) is 0.571. The van der Waals surface area contributed by atoms with Crippen LogP contribution in [0.25, 0.3) is 0 Å². The van der Waals surface area contributed by atoms with Crippen molar-refractivity contribution in [2.24, 2.45) is 0 Å². The fourth-order valence-corrected chi connectivity index (χ4v) is 1.06. The summed E-state index contributed by atoms with van der Waals surface area (Å²) in [6.07, 6.45) is -4.21. The lowest BCUT2D eigenvalue weighted by Gasteiger charge is -2.06. The van der Waals surface area contributed by atoms with E-state index < -0.39 is 12.7 Å². The van der Waals surface area contributed by atoms with Gasteiger partial charge < -0.3 is 0 Å². The molecule has 0 N–H and O–H groups in total. The van der Waals surface area contributed by atoms with Gasteiger partial charge in [-0.2, -0.15) is 5.10 Å². The smallest absolute Gasteiger partial charge is 0.233 e. The lowest BCUT2D eigenvalue weighted by Crippen LogP contribution is -2.13. The Balaban J connectivity index is 2.79. The second-order valence-electron chi connectivity index (χ2n) is 2.54. The summed E-state index contributed by atoms with van der Waals surface area (Å²) in [5.41, 5.74) is 0.531. The zero-order valence-corrected chi connectivity index (χ0v) is 8.38. The molecule has 0 aliphatic rings. The Morgan fingerprint density at radius 3 is 2.46 bits per heavy atom. The summed E-state index contributed by atoms with van der Waals surface area (Å²) in [6.45, 7) is 1.78. The van der Waals surface area contributed by atoms with E-state index in [9.17, 15) is 13.2 Å². The van der Waals surface area contributed by atoms with Crippen molar-refractivity contribution in [2.75, 3.05) is 0 Å². The van der Waals surface area contributed by atoms with E-state index in [1.165, 1.54) is 12.3 Å². The van der Waals surface area contributed by atoms with E-state index in [0.29, 0.717) is 10.4 Å². The van der Waals surface area contributed by atoms with Gasteiger partial charge in [-0.15, -0.1) is 0 Å². The molecule has 1 aromatic heterocycles. The van der Waals surface area contributed by atoms with Crippen LogP contribution in [0.2, 0.25) is 0 Å². The molecule has 0 bridgehead atoms. The molecule has 2 nitrogen and oxygen atoms in total. The Morgan fingerprint density at radius 2 is 2.08 bits per heavy atom. The molecule has 74 valence electrons. The molecule has 0 fully saturated rings. The molecule has 1 aromatic rings. The molecule has 1 heterocycles. The van der Waals surface area contributed by atoms with E-state index in [-0.39, 0.29) is 4.83 Å². The van der Waals surface area contributed by atoms with Crippen LogP contribution in [0.3, 0.4) is 0 Å². The molecule has 0 aliphatic heterocycles. The maximum Gasteiger partial charge on any atom is 0.289 e. The molecule has 0 aromatic carbocycles. The van der Waals surface area contributed by atoms with Crippen molar-refractivity contribution in [3.63, 3.8) is 0 Å². The Labute approximate surface area is 81.9 Å². The highest BCUT2D eigenvalue weighted by Gasteiger charge is 2.22. The number of alkyl halides is 4. The van der Waals surface area contributed by atoms with Gasteiger partial charge in [-0.3, -0.25) is 0 Å². The number of nitrogens with zero attached hydrogens (tertiary/aromatic N) is 2. The maximum atomic E-state index is 12.7. The van der Waals surface area contributed by atoms with Crippen molar-refractivity contribution >= 4 is 15.9 Å². The molecule has 0 spiro atoms. The van der Waals surface area contributed by atoms with E-state index >= 15 is 0 Å². The number of hydrogen-bond acceptors (Lipinski definition) is 1. The molecule has 0 radical (unpaired) electrons. The van der Waals surface area contributed by atoms with Crippen LogP contribution in [-0.2, 0) is 0 Å². The van der Waals surface area contributed by atoms with E-state index in [1.807, 2.05) is 0 Å². The van der Waals surface area contributed by atoms with Gasteiger partial charge in [0.1, 0.15) is 0 Å². The summed E-state index contributed by atoms with van der Waals surface area (Å²) in [4.78, 5) is -0.0707. The molecule has 1 rings (SSSR count). The standard InChI is InChI=1S/C7H8BrF3N2/c1-4(8)5-2-3-13(12-5)7(11)6(9)10/h2-4,6-7H,1H3. The zero-order valence-electron chi connectivity index (χ0n) is 6.79. The summed E-state index contributed by atoms with van der Waals surface area (Å²) in [5.74, 6) is 0. The highest BCUT2D eigenvalue weighted by atomic mass is 79.9. The van der Waals surface area contributed by atoms with Crippen molar-refractivity contribution in [3.8, 4) is 0 Å². The van der Waals surface area contributed by atoms with Crippen LogP contribution < -0.4 is 0 Å². The molecule has 6 heteroatoms. The zero-order chi connectivity index (χ0) is 10.0. The van der Waals surface area contributed by atoms with Gasteiger partial charge in [-0.25, -0.2) is 17.9 Å². The van der Waals surface area contributed by atoms with Gasteiger partial charge in [0.15, 0.2) is 0 Å². The van der Waals surface area contributed by atoms with Crippen molar-refractivity contribution < 1.29 is 13.2 Å². The van der Waals surface area contributed by atoms with Gasteiger partial charge in [0.05, 0.1) is 10.5 Å². The number of hydrogen-bond donors (Lipinski definition) is 0. The summed E-state index contributed by atoms with van der Waals surface area (Å²) in [7, 11) is 0. The topological polar surface area (TPSA) is 17.8 Å². The third-order valence-corrected chi connectivity index (χ3v) is 1.97. The Morgan fingerprint density at radius 1 is 1.46 bits per heavy atom. The minimum absolute atomic E-state index is 0.0707. The number of halogens is 4. The van der Waals surface area contributed by atoms with E-state index in [0.717, 1.165) is 0 Å². The van der Waals surface area contributed by atoms with Gasteiger partial charge >= 0.3 is 0 Å². The van der Waals surface area contributed by atoms with Crippen LogP contribution >= 0.6 is 15.9 Å². The molecule has 0 saturated heterocycles. The highest BCUT2D eigenvalue weighted by Crippen LogP contribution is 2.22. The minimum atomic E-state index is -3.04. The van der Waals surface area contributed by atoms with Crippen molar-refractivity contribution in [1.29, 1.82) is 0 Å². The van der Waals surface area contributed by atoms with Crippen LogP contribution in [0.5, 0.6) is 0 Å². The molecule has 2 unspecified atom stereocenters. The summed E-state index contributed by atoms with van der Waals surface area (Å²) in [6, 6.07) is 1.49. The van der Waals surface area contributed by atoms with Crippen LogP contribution in [0, 0.1) is 0 Å². The fourth-order valence-electron chi connectivity index (χ4n) is 0.818. The molecular weight excluding hydrogens is 249 g/mol. The molecule has 0 amide bonds. The first kappa shape index (κ1) is 10.6. The van der Waals surface area contributed by atoms with Crippen molar-refractivity contribution in [2.45, 2.75) is 24.5 Å². The van der Waals surface area contributed by atoms with E-state index in [1.54, 1.807) is 6.92 Å². The average Bonchev–Trinajstić information content (AvgIpc) is 2.50. The predicted molar refractivity (Wildman–Crippen MR) is 45.7 cm³/mol. The SMILES string of the molecule is CC(Br)c1ccn(C(F)C(F)F)n1. The van der Waals surface area contributed by atoms with Gasteiger partial charge in [-0.1, -0.05) is 15.9 Å². The lowest BCUT2D eigenvalue weighted by atomic mass is 10.3. The molecule has 2 atom stereocenters. The Hall–Kier alpha value is -0.520. The minimum Gasteiger partial charge on any atom is -0.233 e. The monoisotopic (exact) mass is 256 g/mol.